The molecule has 29 heavy (non-hydrogen) atoms. The standard InChI is InChI=1S/C23H18N6/c1-15(17-7-8-20-19(13-17)6-3-11-27-20)23(26)29-22(25)10-9-21(28-29)18-5-2-4-16(12-18)14-24/h2-13,15,25-26H,1H3. The van der Waals surface area contributed by atoms with Crippen LogP contribution in [0.3, 0.4) is 0 Å². The van der Waals surface area contributed by atoms with E-state index in [4.69, 9.17) is 16.1 Å². The number of benzene rings is 2. The van der Waals surface area contributed by atoms with Crippen LogP contribution in [0.1, 0.15) is 24.0 Å². The summed E-state index contributed by atoms with van der Waals surface area (Å²) in [6, 6.07) is 22.4. The zero-order valence-electron chi connectivity index (χ0n) is 15.8. The molecule has 2 heterocycles. The van der Waals surface area contributed by atoms with Crippen molar-refractivity contribution < 1.29 is 0 Å². The summed E-state index contributed by atoms with van der Waals surface area (Å²) in [5.41, 5.74) is 3.92. The van der Waals surface area contributed by atoms with Crippen molar-refractivity contribution in [3.63, 3.8) is 0 Å². The highest BCUT2D eigenvalue weighted by Crippen LogP contribution is 2.22. The molecule has 4 rings (SSSR count). The van der Waals surface area contributed by atoms with E-state index in [0.717, 1.165) is 22.0 Å². The summed E-state index contributed by atoms with van der Waals surface area (Å²) in [5.74, 6) is -0.0570. The first-order valence-corrected chi connectivity index (χ1v) is 9.16. The molecule has 140 valence electrons. The molecule has 1 unspecified atom stereocenters. The monoisotopic (exact) mass is 378 g/mol. The quantitative estimate of drug-likeness (QED) is 0.415. The summed E-state index contributed by atoms with van der Waals surface area (Å²) < 4.78 is 1.34. The van der Waals surface area contributed by atoms with Gasteiger partial charge >= 0.3 is 0 Å². The molecule has 0 fully saturated rings. The number of pyridine rings is 1. The SMILES string of the molecule is CC(C(=N)n1nc(-c2cccc(C#N)c2)ccc1=N)c1ccc2ncccc2c1. The average molecular weight is 378 g/mol. The lowest BCUT2D eigenvalue weighted by molar-refractivity contribution is 0.771. The van der Waals surface area contributed by atoms with Crippen LogP contribution in [0.25, 0.3) is 22.2 Å². The lowest BCUT2D eigenvalue weighted by Gasteiger charge is -2.16. The Morgan fingerprint density at radius 2 is 1.93 bits per heavy atom. The largest absolute Gasteiger partial charge is 0.286 e. The fraction of sp³-hybridized carbons (Fsp3) is 0.0870. The minimum atomic E-state index is -0.262. The van der Waals surface area contributed by atoms with Gasteiger partial charge in [0.1, 0.15) is 11.3 Å². The van der Waals surface area contributed by atoms with Crippen LogP contribution in [-0.2, 0) is 0 Å². The molecule has 0 bridgehead atoms. The van der Waals surface area contributed by atoms with E-state index >= 15 is 0 Å². The van der Waals surface area contributed by atoms with Crippen molar-refractivity contribution in [2.24, 2.45) is 0 Å². The molecule has 0 aliphatic rings. The second kappa shape index (κ2) is 7.49. The van der Waals surface area contributed by atoms with E-state index in [9.17, 15) is 0 Å². The molecule has 4 aromatic rings. The number of nitrogens with one attached hydrogen (secondary N) is 2. The van der Waals surface area contributed by atoms with E-state index in [1.54, 1.807) is 36.5 Å². The molecule has 1 atom stereocenters. The van der Waals surface area contributed by atoms with Gasteiger partial charge in [-0.2, -0.15) is 10.4 Å². The van der Waals surface area contributed by atoms with Crippen LogP contribution < -0.4 is 5.49 Å². The number of fused-ring (bicyclic) bond motifs is 1. The van der Waals surface area contributed by atoms with Gasteiger partial charge in [-0.1, -0.05) is 31.2 Å². The zero-order valence-corrected chi connectivity index (χ0v) is 15.8. The summed E-state index contributed by atoms with van der Waals surface area (Å²) in [5, 5.41) is 31.5. The maximum Gasteiger partial charge on any atom is 0.148 e. The van der Waals surface area contributed by atoms with Gasteiger partial charge in [-0.05, 0) is 48.0 Å². The Hall–Kier alpha value is -4.11. The smallest absolute Gasteiger partial charge is 0.148 e. The van der Waals surface area contributed by atoms with Crippen LogP contribution in [0.5, 0.6) is 0 Å². The van der Waals surface area contributed by atoms with Gasteiger partial charge in [-0.15, -0.1) is 0 Å². The highest BCUT2D eigenvalue weighted by atomic mass is 15.3. The van der Waals surface area contributed by atoms with Crippen LogP contribution in [-0.4, -0.2) is 20.6 Å². The normalized spacial score (nSPS) is 11.7. The Morgan fingerprint density at radius 3 is 2.76 bits per heavy atom. The van der Waals surface area contributed by atoms with Crippen LogP contribution in [0, 0.1) is 22.1 Å². The summed E-state index contributed by atoms with van der Waals surface area (Å²) in [6.45, 7) is 1.93. The van der Waals surface area contributed by atoms with Crippen LogP contribution >= 0.6 is 0 Å². The molecular weight excluding hydrogens is 360 g/mol. The number of aromatic nitrogens is 3. The van der Waals surface area contributed by atoms with Crippen LogP contribution in [0.4, 0.5) is 0 Å². The zero-order chi connectivity index (χ0) is 20.4. The van der Waals surface area contributed by atoms with Crippen LogP contribution in [0.2, 0.25) is 0 Å². The maximum absolute atomic E-state index is 9.13. The first-order valence-electron chi connectivity index (χ1n) is 9.16. The molecule has 0 radical (unpaired) electrons. The van der Waals surface area contributed by atoms with Crippen molar-refractivity contribution in [2.75, 3.05) is 0 Å². The average Bonchev–Trinajstić information content (AvgIpc) is 2.78. The van der Waals surface area contributed by atoms with Gasteiger partial charge in [-0.3, -0.25) is 15.8 Å². The molecule has 6 heteroatoms. The number of rotatable bonds is 3. The second-order valence-corrected chi connectivity index (χ2v) is 6.77. The van der Waals surface area contributed by atoms with E-state index in [1.807, 2.05) is 43.3 Å². The van der Waals surface area contributed by atoms with Gasteiger partial charge in [0.15, 0.2) is 0 Å². The molecule has 2 aromatic heterocycles. The Morgan fingerprint density at radius 1 is 1.07 bits per heavy atom. The van der Waals surface area contributed by atoms with Gasteiger partial charge in [0.25, 0.3) is 0 Å². The van der Waals surface area contributed by atoms with Gasteiger partial charge in [0.05, 0.1) is 22.8 Å². The molecule has 2 N–H and O–H groups in total. The third kappa shape index (κ3) is 3.54. The van der Waals surface area contributed by atoms with Crippen molar-refractivity contribution in [2.45, 2.75) is 12.8 Å². The lowest BCUT2D eigenvalue weighted by atomic mass is 9.98. The Balaban J connectivity index is 1.72. The van der Waals surface area contributed by atoms with E-state index in [2.05, 4.69) is 16.2 Å². The van der Waals surface area contributed by atoms with Gasteiger partial charge in [0, 0.05) is 23.1 Å². The summed E-state index contributed by atoms with van der Waals surface area (Å²) in [4.78, 5) is 4.33. The Labute approximate surface area is 167 Å². The van der Waals surface area contributed by atoms with Crippen molar-refractivity contribution in [1.82, 2.24) is 14.8 Å². The Bertz CT molecular complexity index is 1330. The topological polar surface area (TPSA) is 102 Å². The maximum atomic E-state index is 9.13. The van der Waals surface area contributed by atoms with Gasteiger partial charge < -0.3 is 0 Å². The van der Waals surface area contributed by atoms with E-state index in [0.29, 0.717) is 11.3 Å². The lowest BCUT2D eigenvalue weighted by Crippen LogP contribution is -2.32. The van der Waals surface area contributed by atoms with E-state index in [1.165, 1.54) is 4.68 Å². The Kier molecular flexibility index (Phi) is 4.71. The number of nitriles is 1. The first kappa shape index (κ1) is 18.3. The molecule has 0 saturated heterocycles. The third-order valence-electron chi connectivity index (χ3n) is 4.89. The van der Waals surface area contributed by atoms with Crippen LogP contribution in [0.15, 0.2) is 72.9 Å². The fourth-order valence-corrected chi connectivity index (χ4v) is 3.21. The molecular formula is C23H18N6. The molecule has 0 saturated carbocycles. The number of hydrogen-bond donors (Lipinski definition) is 2. The predicted molar refractivity (Wildman–Crippen MR) is 112 cm³/mol. The second-order valence-electron chi connectivity index (χ2n) is 6.77. The third-order valence-corrected chi connectivity index (χ3v) is 4.89. The fourth-order valence-electron chi connectivity index (χ4n) is 3.21. The number of hydrogen-bond acceptors (Lipinski definition) is 5. The van der Waals surface area contributed by atoms with Gasteiger partial charge in [0.2, 0.25) is 0 Å². The minimum absolute atomic E-state index is 0.129. The number of nitrogens with zero attached hydrogens (tertiary/aromatic N) is 4. The van der Waals surface area contributed by atoms with E-state index in [-0.39, 0.29) is 17.2 Å². The summed E-state index contributed by atoms with van der Waals surface area (Å²) >= 11 is 0. The minimum Gasteiger partial charge on any atom is -0.286 e. The molecule has 0 aliphatic heterocycles. The van der Waals surface area contributed by atoms with Crippen molar-refractivity contribution in [3.05, 3.63) is 89.5 Å². The molecule has 0 amide bonds. The molecule has 2 aromatic carbocycles. The predicted octanol–water partition coefficient (Wildman–Crippen LogP) is 4.08. The van der Waals surface area contributed by atoms with Gasteiger partial charge in [-0.25, -0.2) is 4.68 Å². The first-order chi connectivity index (χ1) is 14.1. The summed E-state index contributed by atoms with van der Waals surface area (Å²) in [7, 11) is 0. The summed E-state index contributed by atoms with van der Waals surface area (Å²) in [6.07, 6.45) is 1.76. The van der Waals surface area contributed by atoms with E-state index < -0.39 is 0 Å². The van der Waals surface area contributed by atoms with Crippen molar-refractivity contribution in [1.29, 1.82) is 16.1 Å². The van der Waals surface area contributed by atoms with Crippen molar-refractivity contribution in [3.8, 4) is 17.3 Å². The molecule has 6 nitrogen and oxygen atoms in total. The van der Waals surface area contributed by atoms with Crippen molar-refractivity contribution >= 4 is 16.7 Å². The molecule has 0 spiro atoms. The highest BCUT2D eigenvalue weighted by Gasteiger charge is 2.16. The highest BCUT2D eigenvalue weighted by molar-refractivity contribution is 5.89. The molecule has 0 aliphatic carbocycles.